The van der Waals surface area contributed by atoms with Crippen LogP contribution in [-0.4, -0.2) is 59.0 Å². The Balaban J connectivity index is 1.23. The van der Waals surface area contributed by atoms with Crippen molar-refractivity contribution in [3.63, 3.8) is 0 Å². The quantitative estimate of drug-likeness (QED) is 0.555. The number of likely N-dealkylation sites (tertiary alicyclic amines) is 1. The summed E-state index contributed by atoms with van der Waals surface area (Å²) in [6.45, 7) is 4.16. The Morgan fingerprint density at radius 3 is 2.62 bits per heavy atom. The van der Waals surface area contributed by atoms with Gasteiger partial charge in [0.25, 0.3) is 0 Å². The van der Waals surface area contributed by atoms with Crippen molar-refractivity contribution in [2.24, 2.45) is 11.8 Å². The topological polar surface area (TPSA) is 97.6 Å². The van der Waals surface area contributed by atoms with E-state index >= 15 is 0 Å². The first-order valence-corrected chi connectivity index (χ1v) is 12.4. The summed E-state index contributed by atoms with van der Waals surface area (Å²) < 4.78 is 18.9. The zero-order valence-electron chi connectivity index (χ0n) is 18.8. The molecule has 8 nitrogen and oxygen atoms in total. The number of hydrogen-bond acceptors (Lipinski definition) is 8. The number of nitrogens with zero attached hydrogens (tertiary/aromatic N) is 4. The maximum absolute atomic E-state index is 12.7. The number of hydrogen-bond donors (Lipinski definition) is 0. The fourth-order valence-electron chi connectivity index (χ4n) is 4.77. The van der Waals surface area contributed by atoms with Gasteiger partial charge in [-0.15, -0.1) is 11.3 Å². The van der Waals surface area contributed by atoms with Gasteiger partial charge in [0.2, 0.25) is 5.88 Å². The summed E-state index contributed by atoms with van der Waals surface area (Å²) in [6, 6.07) is 9.63. The summed E-state index contributed by atoms with van der Waals surface area (Å²) in [4.78, 5) is 23.5. The zero-order chi connectivity index (χ0) is 23.3. The molecule has 6 rings (SSSR count). The predicted octanol–water partition coefficient (Wildman–Crippen LogP) is 4.24. The van der Waals surface area contributed by atoms with E-state index < -0.39 is 0 Å². The third-order valence-corrected chi connectivity index (χ3v) is 7.90. The van der Waals surface area contributed by atoms with Gasteiger partial charge in [-0.3, -0.25) is 0 Å². The number of rotatable bonds is 4. The number of fused-ring (bicyclic) bond motifs is 3. The average Bonchev–Trinajstić information content (AvgIpc) is 3.39. The van der Waals surface area contributed by atoms with E-state index in [2.05, 4.69) is 21.4 Å². The van der Waals surface area contributed by atoms with Gasteiger partial charge in [0, 0.05) is 35.9 Å². The van der Waals surface area contributed by atoms with Crippen LogP contribution in [0.4, 0.5) is 4.79 Å². The van der Waals surface area contributed by atoms with Gasteiger partial charge in [-0.05, 0) is 37.5 Å². The molecule has 0 N–H and O–H groups in total. The summed E-state index contributed by atoms with van der Waals surface area (Å²) in [5, 5.41) is 11.1. The first kappa shape index (κ1) is 21.3. The minimum Gasteiger partial charge on any atom is -0.472 e. The second kappa shape index (κ2) is 8.22. The highest BCUT2D eigenvalue weighted by atomic mass is 32.1. The first-order valence-electron chi connectivity index (χ1n) is 11.5. The molecule has 2 aromatic heterocycles. The van der Waals surface area contributed by atoms with Gasteiger partial charge >= 0.3 is 6.09 Å². The van der Waals surface area contributed by atoms with E-state index in [1.807, 2.05) is 24.0 Å². The number of benzene rings is 1. The van der Waals surface area contributed by atoms with Gasteiger partial charge in [0.05, 0.1) is 30.4 Å². The number of aromatic nitrogens is 2. The molecule has 0 radical (unpaired) electrons. The highest BCUT2D eigenvalue weighted by Crippen LogP contribution is 2.41. The summed E-state index contributed by atoms with van der Waals surface area (Å²) in [5.74, 6) is 0.670. The summed E-state index contributed by atoms with van der Waals surface area (Å²) in [5.41, 5.74) is 3.16. The van der Waals surface area contributed by atoms with Crippen LogP contribution in [-0.2, 0) is 9.47 Å². The van der Waals surface area contributed by atoms with E-state index in [-0.39, 0.29) is 29.6 Å². The number of amides is 1. The third kappa shape index (κ3) is 3.87. The molecule has 2 atom stereocenters. The van der Waals surface area contributed by atoms with Crippen LogP contribution in [0.15, 0.2) is 36.0 Å². The zero-order valence-corrected chi connectivity index (χ0v) is 19.6. The molecule has 2 aliphatic heterocycles. The lowest BCUT2D eigenvalue weighted by Crippen LogP contribution is -2.59. The monoisotopic (exact) mass is 476 g/mol. The normalized spacial score (nSPS) is 24.9. The second-order valence-corrected chi connectivity index (χ2v) is 10.4. The molecule has 3 fully saturated rings. The molecule has 4 heterocycles. The van der Waals surface area contributed by atoms with Gasteiger partial charge < -0.3 is 19.1 Å². The Labute approximate surface area is 201 Å². The van der Waals surface area contributed by atoms with Crippen LogP contribution in [0.5, 0.6) is 5.88 Å². The number of thiophene rings is 1. The highest BCUT2D eigenvalue weighted by molar-refractivity contribution is 7.18. The van der Waals surface area contributed by atoms with Crippen molar-refractivity contribution >= 4 is 27.6 Å². The number of ether oxygens (including phenoxy) is 3. The Kier molecular flexibility index (Phi) is 5.15. The van der Waals surface area contributed by atoms with Crippen molar-refractivity contribution in [1.82, 2.24) is 14.9 Å². The average molecular weight is 477 g/mol. The lowest BCUT2D eigenvalue weighted by Gasteiger charge is -2.46. The van der Waals surface area contributed by atoms with Gasteiger partial charge in [-0.2, -0.15) is 5.26 Å². The van der Waals surface area contributed by atoms with Crippen LogP contribution in [0, 0.1) is 23.2 Å². The minimum atomic E-state index is -0.283. The smallest absolute Gasteiger partial charge is 0.410 e. The molecule has 2 saturated heterocycles. The molecule has 174 valence electrons. The lowest BCUT2D eigenvalue weighted by atomic mass is 9.84. The molecule has 0 spiro atoms. The maximum Gasteiger partial charge on any atom is 0.410 e. The Bertz CT molecular complexity index is 1270. The van der Waals surface area contributed by atoms with Gasteiger partial charge in [-0.1, -0.05) is 12.1 Å². The molecule has 9 heteroatoms. The molecule has 34 heavy (non-hydrogen) atoms. The molecule has 2 unspecified atom stereocenters. The number of piperidine rings is 1. The molecule has 2 bridgehead atoms. The maximum atomic E-state index is 12.7. The molecular formula is C25H24N4O4S. The van der Waals surface area contributed by atoms with Crippen LogP contribution in [0.2, 0.25) is 0 Å². The van der Waals surface area contributed by atoms with E-state index in [0.717, 1.165) is 34.2 Å². The molecule has 1 aliphatic carbocycles. The van der Waals surface area contributed by atoms with E-state index in [4.69, 9.17) is 19.5 Å². The third-order valence-electron chi connectivity index (χ3n) is 6.94. The number of nitriles is 1. The Morgan fingerprint density at radius 2 is 1.94 bits per heavy atom. The van der Waals surface area contributed by atoms with Crippen LogP contribution >= 0.6 is 11.3 Å². The van der Waals surface area contributed by atoms with E-state index in [9.17, 15) is 4.79 Å². The Hall–Kier alpha value is -3.22. The van der Waals surface area contributed by atoms with Crippen molar-refractivity contribution in [1.29, 1.82) is 5.26 Å². The fourth-order valence-corrected chi connectivity index (χ4v) is 5.72. The standard InChI is InChI=1S/C25H24N4O4S/c1-25(6-7-25)33-24(30)29-9-17-11-31-12-18(10-29)21(17)32-23-22-20(27-14-28-23)19(13-34-22)16-4-2-15(8-26)3-5-16/h2-5,13-14,17-18,21H,6-7,9-12H2,1H3. The highest BCUT2D eigenvalue weighted by Gasteiger charge is 2.47. The molecule has 1 amide bonds. The van der Waals surface area contributed by atoms with Gasteiger partial charge in [0.15, 0.2) is 0 Å². The summed E-state index contributed by atoms with van der Waals surface area (Å²) in [7, 11) is 0. The molecule has 1 saturated carbocycles. The largest absolute Gasteiger partial charge is 0.472 e. The van der Waals surface area contributed by atoms with Crippen LogP contribution in [0.1, 0.15) is 25.3 Å². The number of carbonyl (C=O) groups excluding carboxylic acids is 1. The first-order chi connectivity index (χ1) is 16.5. The molecule has 3 aliphatic rings. The molecule has 1 aromatic carbocycles. The van der Waals surface area contributed by atoms with Crippen LogP contribution < -0.4 is 4.74 Å². The van der Waals surface area contributed by atoms with Crippen LogP contribution in [0.25, 0.3) is 21.3 Å². The van der Waals surface area contributed by atoms with Crippen molar-refractivity contribution in [3.05, 3.63) is 41.5 Å². The minimum absolute atomic E-state index is 0.0510. The van der Waals surface area contributed by atoms with Crippen LogP contribution in [0.3, 0.4) is 0 Å². The summed E-state index contributed by atoms with van der Waals surface area (Å²) >= 11 is 1.55. The van der Waals surface area contributed by atoms with Crippen molar-refractivity contribution in [3.8, 4) is 23.1 Å². The van der Waals surface area contributed by atoms with E-state index in [1.54, 1.807) is 23.5 Å². The van der Waals surface area contributed by atoms with Gasteiger partial charge in [0.1, 0.15) is 22.7 Å². The second-order valence-electron chi connectivity index (χ2n) is 9.56. The van der Waals surface area contributed by atoms with Crippen molar-refractivity contribution in [2.45, 2.75) is 31.5 Å². The molecular weight excluding hydrogens is 452 g/mol. The van der Waals surface area contributed by atoms with Crippen molar-refractivity contribution < 1.29 is 19.0 Å². The fraction of sp³-hybridized carbons (Fsp3) is 0.440. The Morgan fingerprint density at radius 1 is 1.21 bits per heavy atom. The van der Waals surface area contributed by atoms with Gasteiger partial charge in [-0.25, -0.2) is 14.8 Å². The lowest BCUT2D eigenvalue weighted by molar-refractivity contribution is -0.111. The SMILES string of the molecule is CC1(OC(=O)N2CC3COCC(C2)C3Oc2ncnc3c(-c4ccc(C#N)cc4)csc23)CC1. The number of carbonyl (C=O) groups is 1. The van der Waals surface area contributed by atoms with E-state index in [0.29, 0.717) is 37.7 Å². The van der Waals surface area contributed by atoms with E-state index in [1.165, 1.54) is 6.33 Å². The predicted molar refractivity (Wildman–Crippen MR) is 125 cm³/mol. The molecule has 3 aromatic rings. The summed E-state index contributed by atoms with van der Waals surface area (Å²) in [6.07, 6.45) is 3.08. The van der Waals surface area contributed by atoms with Crippen molar-refractivity contribution in [2.75, 3.05) is 26.3 Å².